The second kappa shape index (κ2) is 26.2. The van der Waals surface area contributed by atoms with Gasteiger partial charge in [-0.2, -0.15) is 0 Å². The van der Waals surface area contributed by atoms with Crippen LogP contribution in [0.2, 0.25) is 0 Å². The normalized spacial score (nSPS) is 14.2. The molecule has 0 amide bonds. The molecule has 9 heteroatoms. The van der Waals surface area contributed by atoms with Crippen LogP contribution >= 0.6 is 7.82 Å². The number of quaternary nitrogens is 1. The molecule has 0 bridgehead atoms. The van der Waals surface area contributed by atoms with Crippen LogP contribution in [0.1, 0.15) is 136 Å². The van der Waals surface area contributed by atoms with Crippen LogP contribution in [0.4, 0.5) is 0 Å². The summed E-state index contributed by atoms with van der Waals surface area (Å²) >= 11 is 0. The fourth-order valence-electron chi connectivity index (χ4n) is 4.31. The van der Waals surface area contributed by atoms with Crippen molar-refractivity contribution in [2.24, 2.45) is 0 Å². The van der Waals surface area contributed by atoms with Crippen LogP contribution in [0.5, 0.6) is 0 Å². The van der Waals surface area contributed by atoms with E-state index >= 15 is 0 Å². The van der Waals surface area contributed by atoms with E-state index in [0.29, 0.717) is 24.1 Å². The Morgan fingerprint density at radius 3 is 1.65 bits per heavy atom. The molecule has 0 aromatic carbocycles. The monoisotopic (exact) mass is 593 g/mol. The lowest BCUT2D eigenvalue weighted by atomic mass is 10.1. The number of rotatable bonds is 30. The highest BCUT2D eigenvalue weighted by atomic mass is 31.2. The summed E-state index contributed by atoms with van der Waals surface area (Å²) in [5, 5.41) is 0. The summed E-state index contributed by atoms with van der Waals surface area (Å²) in [6.07, 6.45) is 21.1. The molecule has 0 fully saturated rings. The molecule has 240 valence electrons. The minimum Gasteiger partial charge on any atom is -0.756 e. The summed E-state index contributed by atoms with van der Waals surface area (Å²) in [5.74, 6) is -0.338. The molecule has 0 aliphatic rings. The van der Waals surface area contributed by atoms with Crippen molar-refractivity contribution < 1.29 is 37.3 Å². The highest BCUT2D eigenvalue weighted by molar-refractivity contribution is 7.45. The molecule has 2 atom stereocenters. The molecule has 0 heterocycles. The topological polar surface area (TPSA) is 94.1 Å². The maximum atomic E-state index is 12.5. The third-order valence-corrected chi connectivity index (χ3v) is 7.87. The van der Waals surface area contributed by atoms with E-state index in [1.807, 2.05) is 21.1 Å². The van der Waals surface area contributed by atoms with Crippen molar-refractivity contribution in [2.75, 3.05) is 54.1 Å². The van der Waals surface area contributed by atoms with Gasteiger partial charge in [0.2, 0.25) is 0 Å². The Labute approximate surface area is 247 Å². The van der Waals surface area contributed by atoms with Crippen molar-refractivity contribution in [3.05, 3.63) is 0 Å². The summed E-state index contributed by atoms with van der Waals surface area (Å²) in [4.78, 5) is 24.7. The van der Waals surface area contributed by atoms with Crippen LogP contribution in [-0.4, -0.2) is 70.7 Å². The first-order valence-electron chi connectivity index (χ1n) is 16.3. The standard InChI is InChI=1S/C31H64NO7P/c1-6-8-10-12-14-16-18-20-22-24-31(33)39-30(29-38-40(34,35)37-27-25-32(3,4)5)28-36-26-23-21-19-17-15-13-11-9-7-2/h30H,6-29H2,1-5H3. The Morgan fingerprint density at radius 1 is 0.675 bits per heavy atom. The van der Waals surface area contributed by atoms with Crippen LogP contribution in [-0.2, 0) is 27.9 Å². The van der Waals surface area contributed by atoms with Crippen molar-refractivity contribution >= 4 is 13.8 Å². The van der Waals surface area contributed by atoms with Crippen molar-refractivity contribution in [3.63, 3.8) is 0 Å². The lowest BCUT2D eigenvalue weighted by Crippen LogP contribution is -2.37. The SMILES string of the molecule is CCCCCCCCCCCOCC(COP(=O)([O-])OCC[N+](C)(C)C)OC(=O)CCCCCCCCCCC. The average molecular weight is 594 g/mol. The van der Waals surface area contributed by atoms with Crippen LogP contribution < -0.4 is 4.89 Å². The van der Waals surface area contributed by atoms with Crippen molar-refractivity contribution in [1.29, 1.82) is 0 Å². The fourth-order valence-corrected chi connectivity index (χ4v) is 5.04. The molecule has 0 saturated carbocycles. The number of carbonyl (C=O) groups excluding carboxylic acids is 1. The van der Waals surface area contributed by atoms with Crippen LogP contribution in [0, 0.1) is 0 Å². The first-order chi connectivity index (χ1) is 19.1. The quantitative estimate of drug-likeness (QED) is 0.0367. The molecule has 0 aliphatic heterocycles. The van der Waals surface area contributed by atoms with Gasteiger partial charge in [0, 0.05) is 13.0 Å². The number of esters is 1. The molecule has 0 aromatic rings. The molecular formula is C31H64NO7P. The number of hydrogen-bond donors (Lipinski definition) is 0. The number of likely N-dealkylation sites (N-methyl/N-ethyl adjacent to an activating group) is 1. The number of hydrogen-bond acceptors (Lipinski definition) is 7. The van der Waals surface area contributed by atoms with E-state index in [1.165, 1.54) is 83.5 Å². The second-order valence-electron chi connectivity index (χ2n) is 12.2. The minimum absolute atomic E-state index is 0.0302. The summed E-state index contributed by atoms with van der Waals surface area (Å²) in [6.45, 7) is 5.37. The van der Waals surface area contributed by atoms with Gasteiger partial charge in [0.1, 0.15) is 19.3 Å². The number of phosphoric acid groups is 1. The Bertz CT molecular complexity index is 627. The highest BCUT2D eigenvalue weighted by Crippen LogP contribution is 2.38. The summed E-state index contributed by atoms with van der Waals surface area (Å²) in [5.41, 5.74) is 0. The van der Waals surface area contributed by atoms with Gasteiger partial charge in [-0.15, -0.1) is 0 Å². The number of nitrogens with zero attached hydrogens (tertiary/aromatic N) is 1. The maximum absolute atomic E-state index is 12.5. The van der Waals surface area contributed by atoms with Gasteiger partial charge in [-0.05, 0) is 12.8 Å². The van der Waals surface area contributed by atoms with Gasteiger partial charge >= 0.3 is 5.97 Å². The number of carbonyl (C=O) groups is 1. The maximum Gasteiger partial charge on any atom is 0.306 e. The van der Waals surface area contributed by atoms with Crippen molar-refractivity contribution in [3.8, 4) is 0 Å². The Balaban J connectivity index is 4.37. The van der Waals surface area contributed by atoms with Crippen molar-refractivity contribution in [1.82, 2.24) is 0 Å². The lowest BCUT2D eigenvalue weighted by Gasteiger charge is -2.28. The van der Waals surface area contributed by atoms with Gasteiger partial charge in [0.25, 0.3) is 7.82 Å². The Morgan fingerprint density at radius 2 is 1.15 bits per heavy atom. The Hall–Kier alpha value is -0.500. The zero-order valence-corrected chi connectivity index (χ0v) is 27.7. The molecule has 0 rings (SSSR count). The summed E-state index contributed by atoms with van der Waals surface area (Å²) < 4.78 is 34.2. The van der Waals surface area contributed by atoms with Gasteiger partial charge < -0.3 is 27.9 Å². The van der Waals surface area contributed by atoms with Gasteiger partial charge in [0.05, 0.1) is 34.4 Å². The molecule has 0 aliphatic carbocycles. The zero-order valence-electron chi connectivity index (χ0n) is 26.8. The summed E-state index contributed by atoms with van der Waals surface area (Å²) in [7, 11) is 1.36. The number of phosphoric ester groups is 1. The minimum atomic E-state index is -4.50. The molecule has 0 spiro atoms. The first-order valence-corrected chi connectivity index (χ1v) is 17.7. The second-order valence-corrected chi connectivity index (χ2v) is 13.6. The molecule has 40 heavy (non-hydrogen) atoms. The molecule has 0 saturated heterocycles. The fraction of sp³-hybridized carbons (Fsp3) is 0.968. The molecule has 0 radical (unpaired) electrons. The molecule has 0 aromatic heterocycles. The van der Waals surface area contributed by atoms with E-state index in [2.05, 4.69) is 13.8 Å². The van der Waals surface area contributed by atoms with E-state index in [1.54, 1.807) is 0 Å². The largest absolute Gasteiger partial charge is 0.756 e. The average Bonchev–Trinajstić information content (AvgIpc) is 2.88. The van der Waals surface area contributed by atoms with E-state index in [9.17, 15) is 14.3 Å². The molecule has 8 nitrogen and oxygen atoms in total. The smallest absolute Gasteiger partial charge is 0.306 e. The van der Waals surface area contributed by atoms with Gasteiger partial charge in [0.15, 0.2) is 0 Å². The highest BCUT2D eigenvalue weighted by Gasteiger charge is 2.20. The predicted octanol–water partition coefficient (Wildman–Crippen LogP) is 7.57. The predicted molar refractivity (Wildman–Crippen MR) is 162 cm³/mol. The van der Waals surface area contributed by atoms with Crippen LogP contribution in [0.15, 0.2) is 0 Å². The van der Waals surface area contributed by atoms with Crippen LogP contribution in [0.3, 0.4) is 0 Å². The van der Waals surface area contributed by atoms with E-state index in [4.69, 9.17) is 18.5 Å². The first kappa shape index (κ1) is 39.5. The van der Waals surface area contributed by atoms with E-state index < -0.39 is 13.9 Å². The lowest BCUT2D eigenvalue weighted by molar-refractivity contribution is -0.870. The van der Waals surface area contributed by atoms with Gasteiger partial charge in [-0.25, -0.2) is 0 Å². The number of ether oxygens (including phenoxy) is 2. The zero-order chi connectivity index (χ0) is 30.0. The van der Waals surface area contributed by atoms with Crippen molar-refractivity contribution in [2.45, 2.75) is 142 Å². The van der Waals surface area contributed by atoms with Gasteiger partial charge in [-0.1, -0.05) is 117 Å². The van der Waals surface area contributed by atoms with Gasteiger partial charge in [-0.3, -0.25) is 9.36 Å². The summed E-state index contributed by atoms with van der Waals surface area (Å²) in [6, 6.07) is 0. The third kappa shape index (κ3) is 29.0. The molecular weight excluding hydrogens is 529 g/mol. The molecule has 0 N–H and O–H groups in total. The van der Waals surface area contributed by atoms with E-state index in [0.717, 1.165) is 32.1 Å². The molecule has 2 unspecified atom stereocenters. The van der Waals surface area contributed by atoms with E-state index in [-0.39, 0.29) is 25.8 Å². The van der Waals surface area contributed by atoms with Crippen LogP contribution in [0.25, 0.3) is 0 Å². The Kier molecular flexibility index (Phi) is 25.8. The third-order valence-electron chi connectivity index (χ3n) is 6.91. The number of unbranched alkanes of at least 4 members (excludes halogenated alkanes) is 16.